The molecule has 0 amide bonds. The molecule has 0 aliphatic carbocycles. The van der Waals surface area contributed by atoms with E-state index in [0.717, 1.165) is 12.2 Å². The molecule has 0 N–H and O–H groups in total. The van der Waals surface area contributed by atoms with Crippen LogP contribution < -0.4 is 29.6 Å². The molecule has 42 valence electrons. The van der Waals surface area contributed by atoms with E-state index in [0.29, 0.717) is 0 Å². The molecular formula is C4H5CaNaO3. The van der Waals surface area contributed by atoms with Crippen molar-refractivity contribution in [3.8, 4) is 0 Å². The zero-order valence-electron chi connectivity index (χ0n) is 8.09. The topological polar surface area (TPSA) is 43.4 Å². The van der Waals surface area contributed by atoms with Crippen molar-refractivity contribution in [3.05, 3.63) is 12.2 Å². The number of ether oxygens (including phenoxy) is 1. The number of cyclic esters (lactones) is 2. The second-order valence-electron chi connectivity index (χ2n) is 1.07. The standard InChI is InChI=1S/C4H2O3.Ca.Na.3H/c5-3-1-2-4(6)7-3;;;;;/h1-2H;;;;;/q;+2;+1;3*-1. The molecule has 0 saturated heterocycles. The summed E-state index contributed by atoms with van der Waals surface area (Å²) in [5.41, 5.74) is 0. The van der Waals surface area contributed by atoms with E-state index in [-0.39, 0.29) is 71.6 Å². The number of esters is 2. The zero-order valence-corrected chi connectivity index (χ0v) is 9.29. The Bertz CT molecular complexity index is 148. The van der Waals surface area contributed by atoms with E-state index in [4.69, 9.17) is 0 Å². The van der Waals surface area contributed by atoms with Crippen molar-refractivity contribution in [2.75, 3.05) is 0 Å². The molecule has 9 heavy (non-hydrogen) atoms. The van der Waals surface area contributed by atoms with E-state index in [1.807, 2.05) is 0 Å². The van der Waals surface area contributed by atoms with Crippen LogP contribution in [0.3, 0.4) is 0 Å². The van der Waals surface area contributed by atoms with Crippen LogP contribution in [-0.4, -0.2) is 49.7 Å². The molecule has 0 saturated carbocycles. The van der Waals surface area contributed by atoms with Crippen molar-refractivity contribution in [2.24, 2.45) is 0 Å². The zero-order chi connectivity index (χ0) is 5.28. The van der Waals surface area contributed by atoms with Crippen molar-refractivity contribution in [1.29, 1.82) is 0 Å². The summed E-state index contributed by atoms with van der Waals surface area (Å²) in [6, 6.07) is 0. The number of carbonyl (C=O) groups excluding carboxylic acids is 2. The van der Waals surface area contributed by atoms with Gasteiger partial charge in [-0.15, -0.1) is 0 Å². The smallest absolute Gasteiger partial charge is 1.00 e. The number of hydrogen-bond donors (Lipinski definition) is 0. The summed E-state index contributed by atoms with van der Waals surface area (Å²) in [4.78, 5) is 19.8. The molecule has 0 spiro atoms. The molecular weight excluding hydrogens is 159 g/mol. The van der Waals surface area contributed by atoms with E-state index < -0.39 is 11.9 Å². The molecule has 0 unspecified atom stereocenters. The van der Waals surface area contributed by atoms with E-state index in [1.54, 1.807) is 0 Å². The van der Waals surface area contributed by atoms with Gasteiger partial charge in [-0.1, -0.05) is 0 Å². The normalized spacial score (nSPS) is 13.8. The minimum atomic E-state index is -0.579. The first-order valence-corrected chi connectivity index (χ1v) is 1.73. The Morgan fingerprint density at radius 3 is 1.67 bits per heavy atom. The first-order valence-electron chi connectivity index (χ1n) is 1.73. The van der Waals surface area contributed by atoms with Gasteiger partial charge in [0.05, 0.1) is 0 Å². The molecule has 1 aliphatic rings. The van der Waals surface area contributed by atoms with Gasteiger partial charge in [0.2, 0.25) is 0 Å². The SMILES string of the molecule is O=C1C=CC(=O)O1.[Ca+2].[H-].[H-].[H-].[Na+]. The summed E-state index contributed by atoms with van der Waals surface area (Å²) in [6.45, 7) is 0. The quantitative estimate of drug-likeness (QED) is 0.213. The van der Waals surface area contributed by atoms with Gasteiger partial charge in [-0.25, -0.2) is 9.59 Å². The molecule has 5 heteroatoms. The van der Waals surface area contributed by atoms with Gasteiger partial charge >= 0.3 is 79.2 Å². The van der Waals surface area contributed by atoms with Gasteiger partial charge in [-0.2, -0.15) is 0 Å². The maximum atomic E-state index is 9.92. The molecule has 1 aliphatic heterocycles. The van der Waals surface area contributed by atoms with E-state index in [9.17, 15) is 9.59 Å². The Morgan fingerprint density at radius 2 is 1.56 bits per heavy atom. The van der Waals surface area contributed by atoms with Gasteiger partial charge in [0.15, 0.2) is 0 Å². The van der Waals surface area contributed by atoms with Crippen molar-refractivity contribution in [3.63, 3.8) is 0 Å². The predicted octanol–water partition coefficient (Wildman–Crippen LogP) is -3.41. The monoisotopic (exact) mass is 164 g/mol. The first-order chi connectivity index (χ1) is 3.29. The Morgan fingerprint density at radius 1 is 1.22 bits per heavy atom. The van der Waals surface area contributed by atoms with Crippen molar-refractivity contribution in [1.82, 2.24) is 0 Å². The van der Waals surface area contributed by atoms with Crippen molar-refractivity contribution < 1.29 is 48.2 Å². The predicted molar refractivity (Wildman–Crippen MR) is 29.3 cm³/mol. The third-order valence-electron chi connectivity index (χ3n) is 0.557. The number of hydrogen-bond acceptors (Lipinski definition) is 3. The molecule has 0 radical (unpaired) electrons. The summed E-state index contributed by atoms with van der Waals surface area (Å²) in [6.07, 6.45) is 2.17. The van der Waals surface area contributed by atoms with Crippen LogP contribution in [0.4, 0.5) is 0 Å². The molecule has 0 aromatic rings. The average Bonchev–Trinajstić information content (AvgIpc) is 1.87. The molecule has 0 fully saturated rings. The Hall–Kier alpha value is 1.14. The minimum absolute atomic E-state index is 0. The van der Waals surface area contributed by atoms with Crippen LogP contribution in [-0.2, 0) is 14.3 Å². The van der Waals surface area contributed by atoms with Gasteiger partial charge in [0.25, 0.3) is 0 Å². The van der Waals surface area contributed by atoms with E-state index in [2.05, 4.69) is 4.74 Å². The molecule has 0 aromatic carbocycles. The van der Waals surface area contributed by atoms with Gasteiger partial charge in [-0.3, -0.25) is 0 Å². The van der Waals surface area contributed by atoms with Crippen LogP contribution in [0.15, 0.2) is 12.2 Å². The average molecular weight is 164 g/mol. The molecule has 1 heterocycles. The minimum Gasteiger partial charge on any atom is -1.00 e. The van der Waals surface area contributed by atoms with Gasteiger partial charge in [-0.05, 0) is 0 Å². The fourth-order valence-electron chi connectivity index (χ4n) is 0.303. The van der Waals surface area contributed by atoms with E-state index >= 15 is 0 Å². The third-order valence-corrected chi connectivity index (χ3v) is 0.557. The van der Waals surface area contributed by atoms with Crippen LogP contribution in [0.2, 0.25) is 0 Å². The Balaban J connectivity index is -0.0000000327. The summed E-state index contributed by atoms with van der Waals surface area (Å²) < 4.78 is 3.97. The Kier molecular flexibility index (Phi) is 8.37. The Labute approximate surface area is 109 Å². The summed E-state index contributed by atoms with van der Waals surface area (Å²) in [7, 11) is 0. The third kappa shape index (κ3) is 4.53. The second kappa shape index (κ2) is 5.89. The molecule has 0 atom stereocenters. The van der Waals surface area contributed by atoms with E-state index in [1.165, 1.54) is 0 Å². The summed E-state index contributed by atoms with van der Waals surface area (Å²) >= 11 is 0. The number of carbonyl (C=O) groups is 2. The van der Waals surface area contributed by atoms with Crippen molar-refractivity contribution in [2.45, 2.75) is 0 Å². The molecule has 1 rings (SSSR count). The van der Waals surface area contributed by atoms with Gasteiger partial charge in [0, 0.05) is 12.2 Å². The number of rotatable bonds is 0. The largest absolute Gasteiger partial charge is 2.00 e. The molecule has 3 nitrogen and oxygen atoms in total. The van der Waals surface area contributed by atoms with Crippen LogP contribution in [0, 0.1) is 0 Å². The fraction of sp³-hybridized carbons (Fsp3) is 0. The maximum absolute atomic E-state index is 9.92. The summed E-state index contributed by atoms with van der Waals surface area (Å²) in [5, 5.41) is 0. The van der Waals surface area contributed by atoms with Crippen molar-refractivity contribution >= 4 is 49.7 Å². The molecule has 0 aromatic heterocycles. The maximum Gasteiger partial charge on any atom is 2.00 e. The first kappa shape index (κ1) is 12.8. The van der Waals surface area contributed by atoms with Crippen LogP contribution in [0.1, 0.15) is 4.28 Å². The van der Waals surface area contributed by atoms with Crippen LogP contribution in [0.25, 0.3) is 0 Å². The van der Waals surface area contributed by atoms with Gasteiger partial charge in [0.1, 0.15) is 0 Å². The molecule has 0 bridgehead atoms. The summed E-state index contributed by atoms with van der Waals surface area (Å²) in [5.74, 6) is -1.16. The van der Waals surface area contributed by atoms with Crippen LogP contribution >= 0.6 is 0 Å². The second-order valence-corrected chi connectivity index (χ2v) is 1.07. The fourth-order valence-corrected chi connectivity index (χ4v) is 0.303. The van der Waals surface area contributed by atoms with Crippen LogP contribution in [0.5, 0.6) is 0 Å². The van der Waals surface area contributed by atoms with Gasteiger partial charge < -0.3 is 9.02 Å².